The molecule has 0 fully saturated rings. The number of hydrogen-bond acceptors (Lipinski definition) is 9. The summed E-state index contributed by atoms with van der Waals surface area (Å²) < 4.78 is 7.30. The number of fused-ring (bicyclic) bond motifs is 1. The first kappa shape index (κ1) is 35.4. The number of amidine groups is 1. The fourth-order valence-electron chi connectivity index (χ4n) is 4.14. The van der Waals surface area contributed by atoms with Gasteiger partial charge in [0.2, 0.25) is 0 Å². The lowest BCUT2D eigenvalue weighted by atomic mass is 10.1. The number of nitrogens with two attached hydrogens (primary N) is 1. The summed E-state index contributed by atoms with van der Waals surface area (Å²) in [7, 11) is 8.40. The van der Waals surface area contributed by atoms with Crippen molar-refractivity contribution in [3.8, 4) is 0 Å². The van der Waals surface area contributed by atoms with Crippen LogP contribution in [-0.2, 0) is 23.1 Å². The molecular formula is C32H44N8O4. The number of aromatic nitrogens is 2. The molecule has 44 heavy (non-hydrogen) atoms. The zero-order valence-electron chi connectivity index (χ0n) is 26.4. The SMILES string of the molecule is C=C/C=C(\N=C/C)N(CCC(=O)OCCN(C)C)C(=O)c1ccc2c(c1)nc(CNc1ccc(C(N)=NC)cc1)n2C.CO. The van der Waals surface area contributed by atoms with Gasteiger partial charge < -0.3 is 30.4 Å². The molecule has 1 aromatic heterocycles. The van der Waals surface area contributed by atoms with Crippen molar-refractivity contribution in [3.05, 3.63) is 84.0 Å². The first-order chi connectivity index (χ1) is 21.2. The Balaban J connectivity index is 0.00000330. The van der Waals surface area contributed by atoms with E-state index in [1.807, 2.05) is 60.9 Å². The van der Waals surface area contributed by atoms with Gasteiger partial charge in [0.15, 0.2) is 0 Å². The van der Waals surface area contributed by atoms with Crippen molar-refractivity contribution in [2.45, 2.75) is 19.9 Å². The molecule has 4 N–H and O–H groups in total. The van der Waals surface area contributed by atoms with Crippen molar-refractivity contribution < 1.29 is 19.4 Å². The predicted octanol–water partition coefficient (Wildman–Crippen LogP) is 3.18. The smallest absolute Gasteiger partial charge is 0.307 e. The van der Waals surface area contributed by atoms with Crippen molar-refractivity contribution in [2.24, 2.45) is 22.8 Å². The van der Waals surface area contributed by atoms with Gasteiger partial charge in [0.05, 0.1) is 24.0 Å². The number of esters is 1. The second kappa shape index (κ2) is 18.0. The van der Waals surface area contributed by atoms with Gasteiger partial charge in [0.25, 0.3) is 5.91 Å². The van der Waals surface area contributed by atoms with Crippen molar-refractivity contribution in [3.63, 3.8) is 0 Å². The van der Waals surface area contributed by atoms with E-state index in [0.717, 1.165) is 29.7 Å². The van der Waals surface area contributed by atoms with Gasteiger partial charge >= 0.3 is 5.97 Å². The first-order valence-electron chi connectivity index (χ1n) is 14.1. The molecule has 1 amide bonds. The summed E-state index contributed by atoms with van der Waals surface area (Å²) in [5.74, 6) is 0.962. The van der Waals surface area contributed by atoms with Gasteiger partial charge in [-0.3, -0.25) is 19.5 Å². The molecule has 0 aliphatic rings. The minimum absolute atomic E-state index is 0.0212. The molecule has 12 heteroatoms. The molecule has 0 aliphatic carbocycles. The van der Waals surface area contributed by atoms with Crippen LogP contribution in [0, 0.1) is 0 Å². The maximum Gasteiger partial charge on any atom is 0.307 e. The van der Waals surface area contributed by atoms with Gasteiger partial charge in [-0.25, -0.2) is 9.98 Å². The van der Waals surface area contributed by atoms with Crippen LogP contribution in [-0.4, -0.2) is 96.3 Å². The van der Waals surface area contributed by atoms with Gasteiger partial charge in [0, 0.05) is 57.3 Å². The lowest BCUT2D eigenvalue weighted by molar-refractivity contribution is -0.144. The molecule has 0 spiro atoms. The molecule has 0 saturated carbocycles. The highest BCUT2D eigenvalue weighted by Crippen LogP contribution is 2.21. The van der Waals surface area contributed by atoms with E-state index in [9.17, 15) is 9.59 Å². The predicted molar refractivity (Wildman–Crippen MR) is 177 cm³/mol. The summed E-state index contributed by atoms with van der Waals surface area (Å²) >= 11 is 0. The van der Waals surface area contributed by atoms with Crippen LogP contribution in [0.5, 0.6) is 0 Å². The highest BCUT2D eigenvalue weighted by molar-refractivity contribution is 5.99. The zero-order chi connectivity index (χ0) is 32.6. The van der Waals surface area contributed by atoms with Gasteiger partial charge in [-0.2, -0.15) is 0 Å². The molecule has 3 aromatic rings. The highest BCUT2D eigenvalue weighted by Gasteiger charge is 2.22. The summed E-state index contributed by atoms with van der Waals surface area (Å²) in [6.45, 7) is 6.98. The maximum absolute atomic E-state index is 13.7. The molecular weight excluding hydrogens is 560 g/mol. The Morgan fingerprint density at radius 2 is 1.82 bits per heavy atom. The summed E-state index contributed by atoms with van der Waals surface area (Å²) in [6.07, 6.45) is 4.80. The van der Waals surface area contributed by atoms with E-state index < -0.39 is 0 Å². The number of anilines is 1. The molecule has 1 heterocycles. The van der Waals surface area contributed by atoms with E-state index in [1.54, 1.807) is 44.5 Å². The lowest BCUT2D eigenvalue weighted by Crippen LogP contribution is -2.32. The minimum atomic E-state index is -0.387. The minimum Gasteiger partial charge on any atom is -0.464 e. The standard InChI is InChI=1S/C31H40N8O3.CH4O/c1-7-9-27(34-8-2)39(17-16-29(40)42-19-18-37(4)5)31(41)23-12-15-26-25(20-23)36-28(38(26)6)21-35-24-13-10-22(11-14-24)30(32)33-3;1-2/h7-15,20,35H,1,16-19,21H2,2-6H3,(H2,32,33);2H,1H3/b27-9+,34-8-;. The van der Waals surface area contributed by atoms with Crippen LogP contribution < -0.4 is 11.1 Å². The maximum atomic E-state index is 13.7. The number of nitrogens with one attached hydrogen (secondary N) is 1. The van der Waals surface area contributed by atoms with E-state index >= 15 is 0 Å². The molecule has 236 valence electrons. The van der Waals surface area contributed by atoms with Crippen molar-refractivity contribution >= 4 is 40.6 Å². The van der Waals surface area contributed by atoms with E-state index in [0.29, 0.717) is 35.8 Å². The Kier molecular flexibility index (Phi) is 14.5. The van der Waals surface area contributed by atoms with Crippen LogP contribution in [0.3, 0.4) is 0 Å². The first-order valence-corrected chi connectivity index (χ1v) is 14.1. The monoisotopic (exact) mass is 604 g/mol. The van der Waals surface area contributed by atoms with E-state index in [4.69, 9.17) is 20.6 Å². The molecule has 0 bridgehead atoms. The zero-order valence-corrected chi connectivity index (χ0v) is 26.4. The largest absolute Gasteiger partial charge is 0.464 e. The second-order valence-corrected chi connectivity index (χ2v) is 9.71. The van der Waals surface area contributed by atoms with Crippen molar-refractivity contribution in [1.82, 2.24) is 19.4 Å². The Bertz CT molecular complexity index is 1490. The third-order valence-corrected chi connectivity index (χ3v) is 6.48. The third-order valence-electron chi connectivity index (χ3n) is 6.48. The number of imidazole rings is 1. The number of allylic oxidation sites excluding steroid dienone is 2. The number of hydrogen-bond donors (Lipinski definition) is 3. The van der Waals surface area contributed by atoms with Gasteiger partial charge in [-0.05, 0) is 69.6 Å². The van der Waals surface area contributed by atoms with Gasteiger partial charge in [0.1, 0.15) is 24.1 Å². The summed E-state index contributed by atoms with van der Waals surface area (Å²) in [5, 5.41) is 10.4. The number of aliphatic hydroxyl groups is 1. The number of carbonyl (C=O) groups excluding carboxylic acids is 2. The quantitative estimate of drug-likeness (QED) is 0.110. The van der Waals surface area contributed by atoms with Crippen LogP contribution in [0.4, 0.5) is 5.69 Å². The fourth-order valence-corrected chi connectivity index (χ4v) is 4.14. The number of aliphatic hydroxyl groups excluding tert-OH is 1. The number of aryl methyl sites for hydroxylation is 1. The summed E-state index contributed by atoms with van der Waals surface area (Å²) in [5.41, 5.74) is 9.64. The van der Waals surface area contributed by atoms with Crippen LogP contribution >= 0.6 is 0 Å². The highest BCUT2D eigenvalue weighted by atomic mass is 16.5. The molecule has 0 atom stereocenters. The molecule has 0 aliphatic heterocycles. The van der Waals surface area contributed by atoms with Crippen LogP contribution in [0.15, 0.2) is 77.0 Å². The topological polar surface area (TPSA) is 151 Å². The van der Waals surface area contributed by atoms with Gasteiger partial charge in [-0.15, -0.1) is 0 Å². The number of benzene rings is 2. The molecule has 12 nitrogen and oxygen atoms in total. The Morgan fingerprint density at radius 1 is 1.14 bits per heavy atom. The Morgan fingerprint density at radius 3 is 2.43 bits per heavy atom. The number of likely N-dealkylation sites (N-methyl/N-ethyl adjacent to an activating group) is 1. The van der Waals surface area contributed by atoms with Crippen LogP contribution in [0.25, 0.3) is 11.0 Å². The average Bonchev–Trinajstić information content (AvgIpc) is 3.35. The van der Waals surface area contributed by atoms with Crippen LogP contribution in [0.2, 0.25) is 0 Å². The number of rotatable bonds is 14. The normalized spacial score (nSPS) is 11.8. The van der Waals surface area contributed by atoms with E-state index in [-0.39, 0.29) is 31.4 Å². The Hall–Kier alpha value is -4.81. The molecule has 0 radical (unpaired) electrons. The van der Waals surface area contributed by atoms with Gasteiger partial charge in [-0.1, -0.05) is 12.7 Å². The van der Waals surface area contributed by atoms with E-state index in [2.05, 4.69) is 21.9 Å². The summed E-state index contributed by atoms with van der Waals surface area (Å²) in [6, 6.07) is 13.1. The number of carbonyl (C=O) groups is 2. The van der Waals surface area contributed by atoms with Crippen molar-refractivity contribution in [1.29, 1.82) is 0 Å². The van der Waals surface area contributed by atoms with E-state index in [1.165, 1.54) is 4.90 Å². The van der Waals surface area contributed by atoms with Crippen molar-refractivity contribution in [2.75, 3.05) is 53.3 Å². The molecule has 0 saturated heterocycles. The lowest BCUT2D eigenvalue weighted by Gasteiger charge is -2.23. The third kappa shape index (κ3) is 9.89. The fraction of sp³-hybridized carbons (Fsp3) is 0.344. The Labute approximate surface area is 259 Å². The van der Waals surface area contributed by atoms with Crippen LogP contribution in [0.1, 0.15) is 35.1 Å². The molecule has 2 aromatic carbocycles. The number of ether oxygens (including phenoxy) is 1. The molecule has 0 unspecified atom stereocenters. The summed E-state index contributed by atoms with van der Waals surface area (Å²) in [4.78, 5) is 42.6. The second-order valence-electron chi connectivity index (χ2n) is 9.71. The average molecular weight is 605 g/mol. The molecule has 3 rings (SSSR count). The number of nitrogens with zero attached hydrogens (tertiary/aromatic N) is 6. The number of aliphatic imine (C=N–C) groups is 2. The number of amides is 1.